The zero-order chi connectivity index (χ0) is 20.1. The van der Waals surface area contributed by atoms with Crippen LogP contribution in [-0.2, 0) is 21.5 Å². The van der Waals surface area contributed by atoms with Gasteiger partial charge in [-0.05, 0) is 48.1 Å². The lowest BCUT2D eigenvalue weighted by Gasteiger charge is -2.36. The molecule has 0 aromatic heterocycles. The number of rotatable bonds is 5. The maximum Gasteiger partial charge on any atom is 0.231 e. The summed E-state index contributed by atoms with van der Waals surface area (Å²) in [6, 6.07) is 27.0. The van der Waals surface area contributed by atoms with E-state index in [4.69, 9.17) is 4.74 Å². The highest BCUT2D eigenvalue weighted by Crippen LogP contribution is 2.35. The summed E-state index contributed by atoms with van der Waals surface area (Å²) in [6.45, 7) is 3.86. The van der Waals surface area contributed by atoms with E-state index in [1.165, 1.54) is 16.7 Å². The second-order valence-electron chi connectivity index (χ2n) is 7.81. The number of aryl methyl sites for hydroxylation is 1. The van der Waals surface area contributed by atoms with Crippen LogP contribution in [0, 0.1) is 6.92 Å². The van der Waals surface area contributed by atoms with E-state index in [0.717, 1.165) is 11.1 Å². The number of carbonyl (C=O) groups excluding carboxylic acids is 1. The second-order valence-corrected chi connectivity index (χ2v) is 7.81. The van der Waals surface area contributed by atoms with Crippen LogP contribution in [0.4, 0.5) is 0 Å². The van der Waals surface area contributed by atoms with Crippen LogP contribution in [0.25, 0.3) is 11.1 Å². The largest absolute Gasteiger partial charge is 0.381 e. The van der Waals surface area contributed by atoms with Gasteiger partial charge in [-0.1, -0.05) is 78.4 Å². The molecule has 0 bridgehead atoms. The molecular weight excluding hydrogens is 358 g/mol. The third kappa shape index (κ3) is 4.25. The molecule has 3 nitrogen and oxygen atoms in total. The molecule has 1 saturated heterocycles. The fraction of sp³-hybridized carbons (Fsp3) is 0.269. The van der Waals surface area contributed by atoms with Gasteiger partial charge in [0.15, 0.2) is 0 Å². The fourth-order valence-electron chi connectivity index (χ4n) is 4.16. The van der Waals surface area contributed by atoms with E-state index >= 15 is 0 Å². The molecule has 0 radical (unpaired) electrons. The number of nitrogens with one attached hydrogen (secondary N) is 1. The molecule has 3 aromatic carbocycles. The van der Waals surface area contributed by atoms with E-state index in [-0.39, 0.29) is 5.91 Å². The summed E-state index contributed by atoms with van der Waals surface area (Å²) in [7, 11) is 0. The van der Waals surface area contributed by atoms with Crippen molar-refractivity contribution in [1.29, 1.82) is 0 Å². The summed E-state index contributed by atoms with van der Waals surface area (Å²) in [5.41, 5.74) is 5.29. The Balaban J connectivity index is 1.52. The lowest BCUT2D eigenvalue weighted by Crippen LogP contribution is -2.47. The molecule has 1 aliphatic rings. The van der Waals surface area contributed by atoms with Gasteiger partial charge in [-0.15, -0.1) is 0 Å². The second kappa shape index (κ2) is 8.62. The third-order valence-electron chi connectivity index (χ3n) is 5.84. The van der Waals surface area contributed by atoms with Gasteiger partial charge in [0.2, 0.25) is 5.91 Å². The first kappa shape index (κ1) is 19.4. The van der Waals surface area contributed by atoms with Crippen molar-refractivity contribution in [3.05, 3.63) is 95.6 Å². The van der Waals surface area contributed by atoms with Gasteiger partial charge in [0, 0.05) is 19.8 Å². The highest BCUT2D eigenvalue weighted by Gasteiger charge is 2.41. The van der Waals surface area contributed by atoms with Crippen molar-refractivity contribution in [3.8, 4) is 11.1 Å². The van der Waals surface area contributed by atoms with E-state index in [9.17, 15) is 4.79 Å². The molecule has 4 rings (SSSR count). The molecule has 1 amide bonds. The van der Waals surface area contributed by atoms with Crippen molar-refractivity contribution in [2.24, 2.45) is 0 Å². The monoisotopic (exact) mass is 385 g/mol. The van der Waals surface area contributed by atoms with E-state index in [1.54, 1.807) is 0 Å². The van der Waals surface area contributed by atoms with Gasteiger partial charge in [-0.2, -0.15) is 0 Å². The molecule has 0 unspecified atom stereocenters. The van der Waals surface area contributed by atoms with Crippen molar-refractivity contribution in [1.82, 2.24) is 5.32 Å². The normalized spacial score (nSPS) is 15.6. The van der Waals surface area contributed by atoms with Gasteiger partial charge in [-0.3, -0.25) is 4.79 Å². The first-order valence-corrected chi connectivity index (χ1v) is 10.2. The zero-order valence-corrected chi connectivity index (χ0v) is 16.9. The maximum absolute atomic E-state index is 13.3. The van der Waals surface area contributed by atoms with Crippen LogP contribution >= 0.6 is 0 Å². The quantitative estimate of drug-likeness (QED) is 0.669. The Morgan fingerprint density at radius 3 is 2.31 bits per heavy atom. The SMILES string of the molecule is Cc1cccc(-c2cccc(CNC(=O)C3(c4ccccc4)CCOCC3)c2)c1. The minimum atomic E-state index is -0.506. The molecule has 1 N–H and O–H groups in total. The average molecular weight is 386 g/mol. The Bertz CT molecular complexity index is 975. The number of amides is 1. The van der Waals surface area contributed by atoms with Gasteiger partial charge in [0.05, 0.1) is 5.41 Å². The van der Waals surface area contributed by atoms with Crippen LogP contribution in [0.3, 0.4) is 0 Å². The van der Waals surface area contributed by atoms with Crippen LogP contribution in [0.2, 0.25) is 0 Å². The number of hydrogen-bond acceptors (Lipinski definition) is 2. The van der Waals surface area contributed by atoms with Crippen molar-refractivity contribution < 1.29 is 9.53 Å². The van der Waals surface area contributed by atoms with Crippen molar-refractivity contribution in [2.45, 2.75) is 31.7 Å². The Morgan fingerprint density at radius 2 is 1.59 bits per heavy atom. The summed E-state index contributed by atoms with van der Waals surface area (Å²) >= 11 is 0. The molecule has 29 heavy (non-hydrogen) atoms. The Hall–Kier alpha value is -2.91. The van der Waals surface area contributed by atoms with E-state index in [2.05, 4.69) is 72.9 Å². The minimum Gasteiger partial charge on any atom is -0.381 e. The topological polar surface area (TPSA) is 38.3 Å². The molecule has 0 aliphatic carbocycles. The average Bonchev–Trinajstić information content (AvgIpc) is 2.79. The highest BCUT2D eigenvalue weighted by atomic mass is 16.5. The van der Waals surface area contributed by atoms with E-state index < -0.39 is 5.41 Å². The molecular formula is C26H27NO2. The highest BCUT2D eigenvalue weighted by molar-refractivity contribution is 5.88. The first-order chi connectivity index (χ1) is 14.2. The lowest BCUT2D eigenvalue weighted by molar-refractivity contribution is -0.130. The molecule has 1 heterocycles. The molecule has 0 spiro atoms. The van der Waals surface area contributed by atoms with Crippen LogP contribution in [0.1, 0.15) is 29.5 Å². The predicted octanol–water partition coefficient (Wildman–Crippen LogP) is 5.03. The van der Waals surface area contributed by atoms with Crippen molar-refractivity contribution >= 4 is 5.91 Å². The van der Waals surface area contributed by atoms with Crippen LogP contribution < -0.4 is 5.32 Å². The van der Waals surface area contributed by atoms with Crippen molar-refractivity contribution in [3.63, 3.8) is 0 Å². The van der Waals surface area contributed by atoms with Gasteiger partial charge in [0.25, 0.3) is 0 Å². The number of ether oxygens (including phenoxy) is 1. The molecule has 3 aromatic rings. The third-order valence-corrected chi connectivity index (χ3v) is 5.84. The number of hydrogen-bond donors (Lipinski definition) is 1. The van der Waals surface area contributed by atoms with E-state index in [1.807, 2.05) is 18.2 Å². The minimum absolute atomic E-state index is 0.0907. The Morgan fingerprint density at radius 1 is 0.897 bits per heavy atom. The Labute approximate surface area is 172 Å². The number of carbonyl (C=O) groups is 1. The fourth-order valence-corrected chi connectivity index (χ4v) is 4.16. The van der Waals surface area contributed by atoms with Gasteiger partial charge in [0.1, 0.15) is 0 Å². The van der Waals surface area contributed by atoms with Gasteiger partial charge >= 0.3 is 0 Å². The molecule has 1 fully saturated rings. The number of benzene rings is 3. The first-order valence-electron chi connectivity index (χ1n) is 10.2. The van der Waals surface area contributed by atoms with Crippen molar-refractivity contribution in [2.75, 3.05) is 13.2 Å². The summed E-state index contributed by atoms with van der Waals surface area (Å²) in [5.74, 6) is 0.0907. The summed E-state index contributed by atoms with van der Waals surface area (Å²) in [5, 5.41) is 3.20. The van der Waals surface area contributed by atoms with Crippen LogP contribution in [0.5, 0.6) is 0 Å². The lowest BCUT2D eigenvalue weighted by atomic mass is 9.73. The summed E-state index contributed by atoms with van der Waals surface area (Å²) in [4.78, 5) is 13.3. The molecule has 1 aliphatic heterocycles. The Kier molecular flexibility index (Phi) is 5.77. The molecule has 148 valence electrons. The summed E-state index contributed by atoms with van der Waals surface area (Å²) in [6.07, 6.45) is 1.43. The molecule has 0 saturated carbocycles. The molecule has 3 heteroatoms. The maximum atomic E-state index is 13.3. The zero-order valence-electron chi connectivity index (χ0n) is 16.9. The van der Waals surface area contributed by atoms with Gasteiger partial charge < -0.3 is 10.1 Å². The summed E-state index contributed by atoms with van der Waals surface area (Å²) < 4.78 is 5.55. The van der Waals surface area contributed by atoms with Crippen LogP contribution in [-0.4, -0.2) is 19.1 Å². The predicted molar refractivity (Wildman–Crippen MR) is 117 cm³/mol. The van der Waals surface area contributed by atoms with Crippen LogP contribution in [0.15, 0.2) is 78.9 Å². The smallest absolute Gasteiger partial charge is 0.231 e. The standard InChI is InChI=1S/C26H27NO2/c1-20-7-5-9-22(17-20)23-10-6-8-21(18-23)19-27-25(28)26(13-15-29-16-14-26)24-11-3-2-4-12-24/h2-12,17-18H,13-16,19H2,1H3,(H,27,28). The molecule has 0 atom stereocenters. The van der Waals surface area contributed by atoms with E-state index in [0.29, 0.717) is 32.6 Å². The van der Waals surface area contributed by atoms with Gasteiger partial charge in [-0.25, -0.2) is 0 Å².